The molecule has 0 saturated heterocycles. The number of benzene rings is 1. The fourth-order valence-electron chi connectivity index (χ4n) is 1.61. The van der Waals surface area contributed by atoms with Gasteiger partial charge in [0.25, 0.3) is 0 Å². The number of rotatable bonds is 2. The van der Waals surface area contributed by atoms with Crippen molar-refractivity contribution in [3.05, 3.63) is 66.3 Å². The van der Waals surface area contributed by atoms with E-state index in [0.717, 1.165) is 11.6 Å². The quantitative estimate of drug-likeness (QED) is 0.670. The van der Waals surface area contributed by atoms with Gasteiger partial charge in [-0.2, -0.15) is 0 Å². The monoisotopic (exact) mass is 230 g/mol. The van der Waals surface area contributed by atoms with Gasteiger partial charge in [0.05, 0.1) is 0 Å². The summed E-state index contributed by atoms with van der Waals surface area (Å²) in [4.78, 5) is 0. The Balaban J connectivity index is 2.26. The van der Waals surface area contributed by atoms with E-state index >= 15 is 0 Å². The van der Waals surface area contributed by atoms with Crippen molar-refractivity contribution in [2.24, 2.45) is 0 Å². The Labute approximate surface area is 99.7 Å². The molecule has 0 bridgehead atoms. The third-order valence-electron chi connectivity index (χ3n) is 2.71. The second-order valence-corrected chi connectivity index (χ2v) is 4.01. The summed E-state index contributed by atoms with van der Waals surface area (Å²) in [6, 6.07) is 9.34. The van der Waals surface area contributed by atoms with Crippen molar-refractivity contribution in [1.29, 1.82) is 0 Å². The minimum Gasteiger partial charge on any atom is -0.376 e. The minimum atomic E-state index is -2.28. The second-order valence-electron chi connectivity index (χ2n) is 4.01. The SMILES string of the molecule is OC1(O)C=CC=CC1(O)C=Cc1ccccc1. The predicted molar refractivity (Wildman–Crippen MR) is 65.9 cm³/mol. The lowest BCUT2D eigenvalue weighted by molar-refractivity contribution is -0.205. The summed E-state index contributed by atoms with van der Waals surface area (Å²) in [5.41, 5.74) is -0.933. The van der Waals surface area contributed by atoms with Crippen molar-refractivity contribution in [3.8, 4) is 0 Å². The maximum Gasteiger partial charge on any atom is 0.220 e. The van der Waals surface area contributed by atoms with Gasteiger partial charge in [0.1, 0.15) is 0 Å². The zero-order valence-electron chi connectivity index (χ0n) is 9.19. The molecule has 3 N–H and O–H groups in total. The van der Waals surface area contributed by atoms with Crippen LogP contribution in [0.15, 0.2) is 60.7 Å². The molecule has 3 nitrogen and oxygen atoms in total. The minimum absolute atomic E-state index is 0.875. The van der Waals surface area contributed by atoms with Crippen molar-refractivity contribution in [2.75, 3.05) is 0 Å². The molecule has 88 valence electrons. The molecule has 1 aliphatic carbocycles. The zero-order chi connectivity index (χ0) is 12.4. The third-order valence-corrected chi connectivity index (χ3v) is 2.71. The van der Waals surface area contributed by atoms with Crippen molar-refractivity contribution in [2.45, 2.75) is 11.4 Å². The molecule has 2 rings (SSSR count). The Hall–Kier alpha value is -1.68. The van der Waals surface area contributed by atoms with Crippen LogP contribution in [0.5, 0.6) is 0 Å². The number of allylic oxidation sites excluding steroid dienone is 2. The van der Waals surface area contributed by atoms with Crippen molar-refractivity contribution in [3.63, 3.8) is 0 Å². The molecule has 3 heteroatoms. The first-order chi connectivity index (χ1) is 8.04. The Bertz CT molecular complexity index is 472. The molecule has 1 unspecified atom stereocenters. The summed E-state index contributed by atoms with van der Waals surface area (Å²) in [7, 11) is 0. The van der Waals surface area contributed by atoms with Gasteiger partial charge >= 0.3 is 0 Å². The van der Waals surface area contributed by atoms with Gasteiger partial charge in [0.15, 0.2) is 5.60 Å². The largest absolute Gasteiger partial charge is 0.376 e. The van der Waals surface area contributed by atoms with Crippen LogP contribution in [-0.2, 0) is 0 Å². The molecular formula is C14H14O3. The van der Waals surface area contributed by atoms with Crippen LogP contribution in [0.4, 0.5) is 0 Å². The summed E-state index contributed by atoms with van der Waals surface area (Å²) in [5, 5.41) is 29.5. The van der Waals surface area contributed by atoms with Crippen LogP contribution >= 0.6 is 0 Å². The van der Waals surface area contributed by atoms with Crippen LogP contribution < -0.4 is 0 Å². The average Bonchev–Trinajstić information content (AvgIpc) is 2.32. The fraction of sp³-hybridized carbons (Fsp3) is 0.143. The highest BCUT2D eigenvalue weighted by molar-refractivity contribution is 5.52. The van der Waals surface area contributed by atoms with E-state index in [2.05, 4.69) is 0 Å². The molecule has 0 aromatic heterocycles. The summed E-state index contributed by atoms with van der Waals surface area (Å²) in [5.74, 6) is -2.28. The molecule has 0 heterocycles. The molecule has 1 atom stereocenters. The standard InChI is InChI=1S/C14H14O3/c15-13(9-4-5-10-14(13,16)17)11-8-12-6-2-1-3-7-12/h1-11,15-17H. The van der Waals surface area contributed by atoms with Crippen molar-refractivity contribution in [1.82, 2.24) is 0 Å². The van der Waals surface area contributed by atoms with Crippen LogP contribution in [0.3, 0.4) is 0 Å². The first-order valence-electron chi connectivity index (χ1n) is 5.32. The van der Waals surface area contributed by atoms with Crippen molar-refractivity contribution < 1.29 is 15.3 Å². The van der Waals surface area contributed by atoms with E-state index in [1.807, 2.05) is 30.3 Å². The lowest BCUT2D eigenvalue weighted by Crippen LogP contribution is -2.51. The molecule has 0 saturated carbocycles. The molecule has 0 radical (unpaired) electrons. The Morgan fingerprint density at radius 2 is 1.53 bits per heavy atom. The molecule has 0 fully saturated rings. The van der Waals surface area contributed by atoms with Crippen LogP contribution in [0.2, 0.25) is 0 Å². The third kappa shape index (κ3) is 2.36. The molecule has 17 heavy (non-hydrogen) atoms. The van der Waals surface area contributed by atoms with Gasteiger partial charge in [0.2, 0.25) is 5.79 Å². The number of aliphatic hydroxyl groups is 3. The second kappa shape index (κ2) is 4.30. The topological polar surface area (TPSA) is 60.7 Å². The van der Waals surface area contributed by atoms with Gasteiger partial charge < -0.3 is 15.3 Å². The molecule has 0 amide bonds. The molecule has 1 aliphatic rings. The van der Waals surface area contributed by atoms with Gasteiger partial charge in [-0.25, -0.2) is 0 Å². The van der Waals surface area contributed by atoms with Crippen molar-refractivity contribution >= 4 is 6.08 Å². The Kier molecular flexibility index (Phi) is 2.98. The van der Waals surface area contributed by atoms with Gasteiger partial charge in [0, 0.05) is 0 Å². The van der Waals surface area contributed by atoms with Crippen LogP contribution in [0.1, 0.15) is 5.56 Å². The highest BCUT2D eigenvalue weighted by Gasteiger charge is 2.43. The number of hydrogen-bond donors (Lipinski definition) is 3. The molecule has 1 aromatic carbocycles. The first kappa shape index (κ1) is 11.8. The predicted octanol–water partition coefficient (Wildman–Crippen LogP) is 1.24. The maximum absolute atomic E-state index is 10.1. The van der Waals surface area contributed by atoms with E-state index in [0.29, 0.717) is 0 Å². The lowest BCUT2D eigenvalue weighted by atomic mass is 9.88. The highest BCUT2D eigenvalue weighted by atomic mass is 16.5. The van der Waals surface area contributed by atoms with Gasteiger partial charge in [-0.05, 0) is 23.8 Å². The molecule has 0 spiro atoms. The summed E-state index contributed by atoms with van der Waals surface area (Å²) < 4.78 is 0. The molecule has 1 aromatic rings. The Morgan fingerprint density at radius 3 is 2.18 bits per heavy atom. The van der Waals surface area contributed by atoms with Gasteiger partial charge in [-0.15, -0.1) is 0 Å². The van der Waals surface area contributed by atoms with E-state index in [1.54, 1.807) is 12.2 Å². The summed E-state index contributed by atoms with van der Waals surface area (Å²) in [6.07, 6.45) is 8.53. The van der Waals surface area contributed by atoms with Crippen LogP contribution in [0, 0.1) is 0 Å². The van der Waals surface area contributed by atoms with Gasteiger partial charge in [-0.3, -0.25) is 0 Å². The summed E-state index contributed by atoms with van der Waals surface area (Å²) in [6.45, 7) is 0. The Morgan fingerprint density at radius 1 is 0.882 bits per heavy atom. The van der Waals surface area contributed by atoms with Crippen LogP contribution in [0.25, 0.3) is 6.08 Å². The van der Waals surface area contributed by atoms with E-state index in [1.165, 1.54) is 18.2 Å². The van der Waals surface area contributed by atoms with E-state index in [-0.39, 0.29) is 0 Å². The van der Waals surface area contributed by atoms with Gasteiger partial charge in [-0.1, -0.05) is 48.6 Å². The zero-order valence-corrected chi connectivity index (χ0v) is 9.19. The molecular weight excluding hydrogens is 216 g/mol. The lowest BCUT2D eigenvalue weighted by Gasteiger charge is -2.34. The normalized spacial score (nSPS) is 26.5. The smallest absolute Gasteiger partial charge is 0.220 e. The highest BCUT2D eigenvalue weighted by Crippen LogP contribution is 2.28. The van der Waals surface area contributed by atoms with Crippen LogP contribution in [-0.4, -0.2) is 26.7 Å². The molecule has 0 aliphatic heterocycles. The van der Waals surface area contributed by atoms with E-state index in [4.69, 9.17) is 0 Å². The fourth-order valence-corrected chi connectivity index (χ4v) is 1.61. The average molecular weight is 230 g/mol. The van der Waals surface area contributed by atoms with E-state index in [9.17, 15) is 15.3 Å². The number of hydrogen-bond acceptors (Lipinski definition) is 3. The van der Waals surface area contributed by atoms with E-state index < -0.39 is 11.4 Å². The first-order valence-corrected chi connectivity index (χ1v) is 5.32. The maximum atomic E-state index is 10.1. The summed E-state index contributed by atoms with van der Waals surface area (Å²) >= 11 is 0.